The number of rotatable bonds is 2. The van der Waals surface area contributed by atoms with Gasteiger partial charge in [-0.05, 0) is 13.3 Å². The maximum Gasteiger partial charge on any atom is 0.241 e. The number of carbonyl (C=O) groups excluding carboxylic acids is 2. The van der Waals surface area contributed by atoms with Gasteiger partial charge in [-0.15, -0.1) is 11.6 Å². The van der Waals surface area contributed by atoms with Crippen LogP contribution >= 0.6 is 11.6 Å². The van der Waals surface area contributed by atoms with Crippen molar-refractivity contribution >= 4 is 23.4 Å². The molecule has 0 saturated carbocycles. The molecule has 1 fully saturated rings. The maximum atomic E-state index is 11.2. The minimum absolute atomic E-state index is 0.216. The van der Waals surface area contributed by atoms with Gasteiger partial charge in [-0.25, -0.2) is 0 Å². The summed E-state index contributed by atoms with van der Waals surface area (Å²) in [6, 6.07) is -0.432. The molecule has 0 radical (unpaired) electrons. The van der Waals surface area contributed by atoms with Crippen molar-refractivity contribution in [3.63, 3.8) is 0 Å². The topological polar surface area (TPSA) is 63.4 Å². The zero-order chi connectivity index (χ0) is 9.30. The van der Waals surface area contributed by atoms with Gasteiger partial charge in [-0.3, -0.25) is 9.59 Å². The molecule has 1 aliphatic heterocycles. The Balaban J connectivity index is 2.55. The van der Waals surface area contributed by atoms with E-state index in [1.807, 2.05) is 0 Å². The van der Waals surface area contributed by atoms with E-state index in [9.17, 15) is 9.59 Å². The standard InChI is InChI=1S/C7H11ClN2O2/c1-4(8)7(12)10-3-2-5(10)6(9)11/h4-5H,2-3H2,1H3,(H2,9,11). The number of nitrogens with two attached hydrogens (primary N) is 1. The molecular weight excluding hydrogens is 180 g/mol. The minimum Gasteiger partial charge on any atom is -0.368 e. The lowest BCUT2D eigenvalue weighted by Gasteiger charge is -2.39. The van der Waals surface area contributed by atoms with Gasteiger partial charge in [0.25, 0.3) is 0 Å². The molecule has 2 unspecified atom stereocenters. The van der Waals surface area contributed by atoms with Gasteiger partial charge < -0.3 is 10.6 Å². The van der Waals surface area contributed by atoms with E-state index in [0.29, 0.717) is 13.0 Å². The van der Waals surface area contributed by atoms with Gasteiger partial charge in [0.15, 0.2) is 0 Å². The Labute approximate surface area is 75.6 Å². The predicted molar refractivity (Wildman–Crippen MR) is 44.6 cm³/mol. The number of likely N-dealkylation sites (tertiary alicyclic amines) is 1. The van der Waals surface area contributed by atoms with Gasteiger partial charge >= 0.3 is 0 Å². The second-order valence-electron chi connectivity index (χ2n) is 2.85. The molecule has 0 aromatic rings. The zero-order valence-electron chi connectivity index (χ0n) is 6.79. The van der Waals surface area contributed by atoms with Crippen LogP contribution < -0.4 is 5.73 Å². The van der Waals surface area contributed by atoms with Gasteiger partial charge in [0.2, 0.25) is 11.8 Å². The Kier molecular flexibility index (Phi) is 2.57. The van der Waals surface area contributed by atoms with Crippen LogP contribution in [-0.2, 0) is 9.59 Å². The molecular formula is C7H11ClN2O2. The van der Waals surface area contributed by atoms with Crippen molar-refractivity contribution in [2.24, 2.45) is 5.73 Å². The highest BCUT2D eigenvalue weighted by Gasteiger charge is 2.37. The zero-order valence-corrected chi connectivity index (χ0v) is 7.54. The molecule has 0 aliphatic carbocycles. The largest absolute Gasteiger partial charge is 0.368 e. The maximum absolute atomic E-state index is 11.2. The molecule has 2 amide bonds. The fraction of sp³-hybridized carbons (Fsp3) is 0.714. The van der Waals surface area contributed by atoms with Crippen LogP contribution in [0.3, 0.4) is 0 Å². The average molecular weight is 191 g/mol. The van der Waals surface area contributed by atoms with Crippen molar-refractivity contribution < 1.29 is 9.59 Å². The Morgan fingerprint density at radius 1 is 1.67 bits per heavy atom. The number of nitrogens with zero attached hydrogens (tertiary/aromatic N) is 1. The quantitative estimate of drug-likeness (QED) is 0.608. The van der Waals surface area contributed by atoms with Crippen LogP contribution in [0, 0.1) is 0 Å². The van der Waals surface area contributed by atoms with Gasteiger partial charge in [0, 0.05) is 6.54 Å². The molecule has 12 heavy (non-hydrogen) atoms. The van der Waals surface area contributed by atoms with Crippen LogP contribution in [-0.4, -0.2) is 34.7 Å². The highest BCUT2D eigenvalue weighted by Crippen LogP contribution is 2.19. The van der Waals surface area contributed by atoms with E-state index in [4.69, 9.17) is 17.3 Å². The van der Waals surface area contributed by atoms with Gasteiger partial charge in [0.1, 0.15) is 11.4 Å². The number of carbonyl (C=O) groups is 2. The molecule has 68 valence electrons. The molecule has 4 nitrogen and oxygen atoms in total. The van der Waals surface area contributed by atoms with Crippen LogP contribution in [0.5, 0.6) is 0 Å². The van der Waals surface area contributed by atoms with E-state index in [2.05, 4.69) is 0 Å². The molecule has 5 heteroatoms. The SMILES string of the molecule is CC(Cl)C(=O)N1CCC1C(N)=O. The summed E-state index contributed by atoms with van der Waals surface area (Å²) in [5, 5.41) is -0.577. The van der Waals surface area contributed by atoms with Crippen molar-refractivity contribution in [3.05, 3.63) is 0 Å². The fourth-order valence-electron chi connectivity index (χ4n) is 1.18. The van der Waals surface area contributed by atoms with Crippen molar-refractivity contribution in [3.8, 4) is 0 Å². The summed E-state index contributed by atoms with van der Waals surface area (Å²) >= 11 is 5.56. The van der Waals surface area contributed by atoms with E-state index in [1.54, 1.807) is 6.92 Å². The number of hydrogen-bond acceptors (Lipinski definition) is 2. The third-order valence-electron chi connectivity index (χ3n) is 1.97. The van der Waals surface area contributed by atoms with E-state index < -0.39 is 17.3 Å². The predicted octanol–water partition coefficient (Wildman–Crippen LogP) is -0.300. The first kappa shape index (κ1) is 9.32. The number of halogens is 1. The molecule has 2 N–H and O–H groups in total. The van der Waals surface area contributed by atoms with Crippen molar-refractivity contribution in [1.29, 1.82) is 0 Å². The summed E-state index contributed by atoms with van der Waals surface area (Å²) in [4.78, 5) is 23.3. The van der Waals surface area contributed by atoms with Crippen LogP contribution in [0.1, 0.15) is 13.3 Å². The van der Waals surface area contributed by atoms with Crippen LogP contribution in [0.15, 0.2) is 0 Å². The first-order valence-corrected chi connectivity index (χ1v) is 4.21. The summed E-state index contributed by atoms with van der Waals surface area (Å²) in [5.74, 6) is -0.668. The lowest BCUT2D eigenvalue weighted by atomic mass is 10.0. The highest BCUT2D eigenvalue weighted by molar-refractivity contribution is 6.30. The Morgan fingerprint density at radius 2 is 2.25 bits per heavy atom. The van der Waals surface area contributed by atoms with Crippen molar-refractivity contribution in [1.82, 2.24) is 4.90 Å². The summed E-state index contributed by atoms with van der Waals surface area (Å²) in [7, 11) is 0. The number of alkyl halides is 1. The molecule has 0 aromatic carbocycles. The molecule has 0 aromatic heterocycles. The van der Waals surface area contributed by atoms with E-state index >= 15 is 0 Å². The summed E-state index contributed by atoms with van der Waals surface area (Å²) in [6.45, 7) is 2.17. The fourth-order valence-corrected chi connectivity index (χ4v) is 1.30. The molecule has 2 atom stereocenters. The third kappa shape index (κ3) is 1.53. The lowest BCUT2D eigenvalue weighted by molar-refractivity contribution is -0.145. The van der Waals surface area contributed by atoms with Crippen LogP contribution in [0.25, 0.3) is 0 Å². The average Bonchev–Trinajstić information content (AvgIpc) is 1.82. The monoisotopic (exact) mass is 190 g/mol. The van der Waals surface area contributed by atoms with Crippen LogP contribution in [0.2, 0.25) is 0 Å². The number of amides is 2. The minimum atomic E-state index is -0.577. The third-order valence-corrected chi connectivity index (χ3v) is 2.16. The lowest BCUT2D eigenvalue weighted by Crippen LogP contribution is -2.58. The van der Waals surface area contributed by atoms with Crippen molar-refractivity contribution in [2.45, 2.75) is 24.8 Å². The number of hydrogen-bond donors (Lipinski definition) is 1. The Bertz CT molecular complexity index is 217. The molecule has 0 spiro atoms. The van der Waals surface area contributed by atoms with Gasteiger partial charge in [-0.1, -0.05) is 0 Å². The number of primary amides is 1. The molecule has 1 heterocycles. The molecule has 0 bridgehead atoms. The summed E-state index contributed by atoms with van der Waals surface area (Å²) < 4.78 is 0. The second kappa shape index (κ2) is 3.31. The Hall–Kier alpha value is -0.770. The van der Waals surface area contributed by atoms with Crippen LogP contribution in [0.4, 0.5) is 0 Å². The first-order valence-electron chi connectivity index (χ1n) is 3.78. The van der Waals surface area contributed by atoms with E-state index in [-0.39, 0.29) is 5.91 Å². The summed E-state index contributed by atoms with van der Waals surface area (Å²) in [5.41, 5.74) is 5.05. The smallest absolute Gasteiger partial charge is 0.241 e. The van der Waals surface area contributed by atoms with E-state index in [0.717, 1.165) is 0 Å². The molecule has 1 rings (SSSR count). The van der Waals surface area contributed by atoms with Gasteiger partial charge in [0.05, 0.1) is 0 Å². The normalized spacial score (nSPS) is 24.5. The molecule has 1 saturated heterocycles. The van der Waals surface area contributed by atoms with E-state index in [1.165, 1.54) is 4.90 Å². The van der Waals surface area contributed by atoms with Gasteiger partial charge in [-0.2, -0.15) is 0 Å². The highest BCUT2D eigenvalue weighted by atomic mass is 35.5. The first-order chi connectivity index (χ1) is 5.54. The van der Waals surface area contributed by atoms with Crippen molar-refractivity contribution in [2.75, 3.05) is 6.54 Å². The molecule has 1 aliphatic rings. The second-order valence-corrected chi connectivity index (χ2v) is 3.51. The summed E-state index contributed by atoms with van der Waals surface area (Å²) in [6.07, 6.45) is 0.657. The Morgan fingerprint density at radius 3 is 2.50 bits per heavy atom.